The molecule has 1 aromatic rings. The smallest absolute Gasteiger partial charge is 0.320 e. The Morgan fingerprint density at radius 2 is 2.21 bits per heavy atom. The van der Waals surface area contributed by atoms with Gasteiger partial charge in [-0.3, -0.25) is 4.79 Å². The molecule has 4 heteroatoms. The van der Waals surface area contributed by atoms with Gasteiger partial charge in [0.05, 0.1) is 6.54 Å². The quantitative estimate of drug-likeness (QED) is 0.545. The highest BCUT2D eigenvalue weighted by Crippen LogP contribution is 2.13. The highest BCUT2D eigenvalue weighted by molar-refractivity contribution is 5.71. The molecule has 14 heavy (non-hydrogen) atoms. The van der Waals surface area contributed by atoms with Gasteiger partial charge in [-0.1, -0.05) is 12.1 Å². The maximum atomic E-state index is 10.8. The molecule has 4 nitrogen and oxygen atoms in total. The molecule has 0 spiro atoms. The Hall–Kier alpha value is -1.55. The third kappa shape index (κ3) is 2.74. The van der Waals surface area contributed by atoms with Crippen molar-refractivity contribution in [1.82, 2.24) is 0 Å². The minimum absolute atomic E-state index is 0.0959. The van der Waals surface area contributed by atoms with E-state index in [0.717, 1.165) is 11.1 Å². The van der Waals surface area contributed by atoms with Crippen molar-refractivity contribution in [3.8, 4) is 0 Å². The van der Waals surface area contributed by atoms with Gasteiger partial charge in [0, 0.05) is 5.69 Å². The average molecular weight is 194 g/mol. The molecule has 0 aliphatic carbocycles. The van der Waals surface area contributed by atoms with Gasteiger partial charge in [-0.25, -0.2) is 0 Å². The van der Waals surface area contributed by atoms with Gasteiger partial charge < -0.3 is 16.2 Å². The summed E-state index contributed by atoms with van der Waals surface area (Å²) in [6, 6.07) is 5.55. The van der Waals surface area contributed by atoms with Crippen molar-refractivity contribution in [1.29, 1.82) is 0 Å². The maximum absolute atomic E-state index is 10.8. The maximum Gasteiger partial charge on any atom is 0.320 e. The summed E-state index contributed by atoms with van der Waals surface area (Å²) >= 11 is 0. The molecule has 0 unspecified atom stereocenters. The van der Waals surface area contributed by atoms with E-state index in [1.807, 2.05) is 19.1 Å². The first-order valence-corrected chi connectivity index (χ1v) is 4.34. The lowest BCUT2D eigenvalue weighted by Gasteiger charge is -2.05. The summed E-state index contributed by atoms with van der Waals surface area (Å²) in [6.45, 7) is 2.05. The number of nitrogen functional groups attached to an aromatic ring is 1. The van der Waals surface area contributed by atoms with Crippen molar-refractivity contribution in [2.45, 2.75) is 13.5 Å². The fraction of sp³-hybridized carbons (Fsp3) is 0.300. The molecule has 1 aromatic carbocycles. The van der Waals surface area contributed by atoms with E-state index < -0.39 is 5.97 Å². The summed E-state index contributed by atoms with van der Waals surface area (Å²) < 4.78 is 4.85. The van der Waals surface area contributed by atoms with Crippen LogP contribution in [0.25, 0.3) is 0 Å². The van der Waals surface area contributed by atoms with Gasteiger partial charge in [-0.15, -0.1) is 0 Å². The number of nitrogens with two attached hydrogens (primary N) is 2. The average Bonchev–Trinajstić information content (AvgIpc) is 2.19. The largest absolute Gasteiger partial charge is 0.460 e. The summed E-state index contributed by atoms with van der Waals surface area (Å²) in [5, 5.41) is 0. The van der Waals surface area contributed by atoms with Crippen LogP contribution in [-0.4, -0.2) is 12.5 Å². The van der Waals surface area contributed by atoms with Gasteiger partial charge in [-0.2, -0.15) is 0 Å². The van der Waals surface area contributed by atoms with Gasteiger partial charge in [0.1, 0.15) is 6.61 Å². The summed E-state index contributed by atoms with van der Waals surface area (Å²) in [5.74, 6) is -0.413. The molecule has 0 heterocycles. The molecule has 0 aromatic heterocycles. The first kappa shape index (κ1) is 10.5. The van der Waals surface area contributed by atoms with Crippen LogP contribution in [0.2, 0.25) is 0 Å². The molecule has 0 fully saturated rings. The molecule has 1 rings (SSSR count). The van der Waals surface area contributed by atoms with Crippen molar-refractivity contribution in [2.24, 2.45) is 5.73 Å². The number of carbonyl (C=O) groups excluding carboxylic acids is 1. The predicted molar refractivity (Wildman–Crippen MR) is 54.4 cm³/mol. The number of carbonyl (C=O) groups is 1. The molecule has 0 bridgehead atoms. The number of hydrogen-bond donors (Lipinski definition) is 2. The predicted octanol–water partition coefficient (Wildman–Crippen LogP) is 0.579. The molecule has 0 aliphatic rings. The van der Waals surface area contributed by atoms with Crippen LogP contribution < -0.4 is 11.5 Å². The van der Waals surface area contributed by atoms with E-state index >= 15 is 0 Å². The molecule has 0 saturated heterocycles. The minimum Gasteiger partial charge on any atom is -0.460 e. The Kier molecular flexibility index (Phi) is 3.48. The van der Waals surface area contributed by atoms with Crippen molar-refractivity contribution in [3.63, 3.8) is 0 Å². The Balaban J connectivity index is 2.60. The van der Waals surface area contributed by atoms with E-state index in [-0.39, 0.29) is 13.2 Å². The Bertz CT molecular complexity index is 337. The number of rotatable bonds is 3. The van der Waals surface area contributed by atoms with Crippen LogP contribution in [0, 0.1) is 6.92 Å². The van der Waals surface area contributed by atoms with Gasteiger partial charge >= 0.3 is 5.97 Å². The van der Waals surface area contributed by atoms with Crippen LogP contribution in [0.15, 0.2) is 18.2 Å². The molecule has 4 N–H and O–H groups in total. The van der Waals surface area contributed by atoms with Crippen LogP contribution in [0.5, 0.6) is 0 Å². The number of aryl methyl sites for hydroxylation is 1. The van der Waals surface area contributed by atoms with Gasteiger partial charge in [0.15, 0.2) is 0 Å². The van der Waals surface area contributed by atoms with Crippen molar-refractivity contribution < 1.29 is 9.53 Å². The number of anilines is 1. The molecule has 0 aliphatic heterocycles. The number of hydrogen-bond acceptors (Lipinski definition) is 4. The van der Waals surface area contributed by atoms with E-state index in [1.54, 1.807) is 6.07 Å². The van der Waals surface area contributed by atoms with Crippen LogP contribution >= 0.6 is 0 Å². The summed E-state index contributed by atoms with van der Waals surface area (Å²) in [7, 11) is 0. The molecule has 0 amide bonds. The van der Waals surface area contributed by atoms with E-state index in [2.05, 4.69) is 0 Å². The van der Waals surface area contributed by atoms with Crippen LogP contribution in [-0.2, 0) is 16.1 Å². The van der Waals surface area contributed by atoms with Crippen molar-refractivity contribution in [2.75, 3.05) is 12.3 Å². The van der Waals surface area contributed by atoms with Crippen LogP contribution in [0.1, 0.15) is 11.1 Å². The van der Waals surface area contributed by atoms with Gasteiger partial charge in [0.2, 0.25) is 0 Å². The Morgan fingerprint density at radius 1 is 1.50 bits per heavy atom. The first-order chi connectivity index (χ1) is 6.63. The second kappa shape index (κ2) is 4.62. The monoisotopic (exact) mass is 194 g/mol. The lowest BCUT2D eigenvalue weighted by atomic mass is 10.1. The number of esters is 1. The number of ether oxygens (including phenoxy) is 1. The molecular formula is C10H14N2O2. The molecule has 0 saturated carbocycles. The summed E-state index contributed by atoms with van der Waals surface area (Å²) in [5.41, 5.74) is 13.4. The fourth-order valence-electron chi connectivity index (χ4n) is 1.00. The van der Waals surface area contributed by atoms with Crippen LogP contribution in [0.3, 0.4) is 0 Å². The summed E-state index contributed by atoms with van der Waals surface area (Å²) in [6.07, 6.45) is 0. The lowest BCUT2D eigenvalue weighted by Crippen LogP contribution is -2.16. The Labute approximate surface area is 82.8 Å². The highest BCUT2D eigenvalue weighted by atomic mass is 16.5. The van der Waals surface area contributed by atoms with E-state index in [1.165, 1.54) is 0 Å². The van der Waals surface area contributed by atoms with Crippen LogP contribution in [0.4, 0.5) is 5.69 Å². The van der Waals surface area contributed by atoms with Gasteiger partial charge in [-0.05, 0) is 24.1 Å². The second-order valence-corrected chi connectivity index (χ2v) is 3.06. The normalized spacial score (nSPS) is 9.86. The standard InChI is InChI=1S/C10H14N2O2/c1-7-2-3-8(4-9(7)12)6-14-10(13)5-11/h2-4H,5-6,11-12H2,1H3. The SMILES string of the molecule is Cc1ccc(COC(=O)CN)cc1N. The third-order valence-corrected chi connectivity index (χ3v) is 1.91. The van der Waals surface area contributed by atoms with Gasteiger partial charge in [0.25, 0.3) is 0 Å². The second-order valence-electron chi connectivity index (χ2n) is 3.06. The van der Waals surface area contributed by atoms with Crippen molar-refractivity contribution >= 4 is 11.7 Å². The zero-order valence-electron chi connectivity index (χ0n) is 8.12. The van der Waals surface area contributed by atoms with E-state index in [4.69, 9.17) is 16.2 Å². The van der Waals surface area contributed by atoms with Crippen molar-refractivity contribution in [3.05, 3.63) is 29.3 Å². The highest BCUT2D eigenvalue weighted by Gasteiger charge is 2.01. The zero-order valence-corrected chi connectivity index (χ0v) is 8.12. The molecule has 0 atom stereocenters. The number of benzene rings is 1. The third-order valence-electron chi connectivity index (χ3n) is 1.91. The topological polar surface area (TPSA) is 78.3 Å². The lowest BCUT2D eigenvalue weighted by molar-refractivity contribution is -0.143. The molecular weight excluding hydrogens is 180 g/mol. The molecule has 0 radical (unpaired) electrons. The first-order valence-electron chi connectivity index (χ1n) is 4.34. The zero-order chi connectivity index (χ0) is 10.6. The Morgan fingerprint density at radius 3 is 2.79 bits per heavy atom. The fourth-order valence-corrected chi connectivity index (χ4v) is 1.00. The summed E-state index contributed by atoms with van der Waals surface area (Å²) in [4.78, 5) is 10.8. The minimum atomic E-state index is -0.413. The van der Waals surface area contributed by atoms with E-state index in [0.29, 0.717) is 5.69 Å². The molecule has 76 valence electrons. The van der Waals surface area contributed by atoms with E-state index in [9.17, 15) is 4.79 Å².